The molecule has 162 valence electrons. The number of carbonyl (C=O) groups excluding carboxylic acids is 2. The van der Waals surface area contributed by atoms with E-state index in [0.717, 1.165) is 0 Å². The number of carboxylic acid groups (broad SMARTS) is 1. The van der Waals surface area contributed by atoms with Gasteiger partial charge in [0.2, 0.25) is 0 Å². The van der Waals surface area contributed by atoms with E-state index in [2.05, 4.69) is 10.6 Å². The zero-order chi connectivity index (χ0) is 22.6. The first-order chi connectivity index (χ1) is 13.4. The van der Waals surface area contributed by atoms with Gasteiger partial charge in [-0.2, -0.15) is 0 Å². The van der Waals surface area contributed by atoms with E-state index in [1.165, 1.54) is 7.05 Å². The highest BCUT2D eigenvalue weighted by Crippen LogP contribution is 2.36. The number of hydrogen-bond acceptors (Lipinski definition) is 8. The van der Waals surface area contributed by atoms with Crippen LogP contribution in [0, 0.1) is 10.7 Å². The van der Waals surface area contributed by atoms with Crippen molar-refractivity contribution in [2.75, 3.05) is 19.0 Å². The third-order valence-electron chi connectivity index (χ3n) is 3.76. The van der Waals surface area contributed by atoms with Gasteiger partial charge in [0, 0.05) is 10.6 Å². The SMILES string of the molecule is CNC(=O)c1c(I)c(NC(=O)[C@H](O)[C@@H](O)[C@H](O)[C@H](O)CO)c(I)c(C(=O)O)c1I. The minimum Gasteiger partial charge on any atom is -0.478 e. The highest BCUT2D eigenvalue weighted by Gasteiger charge is 2.35. The molecule has 0 aliphatic heterocycles. The summed E-state index contributed by atoms with van der Waals surface area (Å²) in [6.07, 6.45) is -8.20. The molecule has 0 aliphatic carbocycles. The predicted molar refractivity (Wildman–Crippen MR) is 125 cm³/mol. The molecule has 0 aromatic heterocycles. The molecule has 0 saturated carbocycles. The number of rotatable bonds is 8. The Morgan fingerprint density at radius 2 is 1.45 bits per heavy atom. The summed E-state index contributed by atoms with van der Waals surface area (Å²) in [5.41, 5.74) is -0.338. The van der Waals surface area contributed by atoms with Crippen molar-refractivity contribution in [1.82, 2.24) is 5.32 Å². The van der Waals surface area contributed by atoms with Crippen molar-refractivity contribution in [3.05, 3.63) is 21.8 Å². The molecule has 11 nitrogen and oxygen atoms in total. The second kappa shape index (κ2) is 11.3. The van der Waals surface area contributed by atoms with Gasteiger partial charge in [-0.05, 0) is 67.8 Å². The highest BCUT2D eigenvalue weighted by molar-refractivity contribution is 14.1. The summed E-state index contributed by atoms with van der Waals surface area (Å²) in [6, 6.07) is 0. The van der Waals surface area contributed by atoms with Crippen LogP contribution in [0.3, 0.4) is 0 Å². The fourth-order valence-electron chi connectivity index (χ4n) is 2.16. The summed E-state index contributed by atoms with van der Waals surface area (Å²) in [4.78, 5) is 36.2. The van der Waals surface area contributed by atoms with Crippen molar-refractivity contribution < 1.29 is 45.0 Å². The van der Waals surface area contributed by atoms with Crippen LogP contribution >= 0.6 is 67.8 Å². The van der Waals surface area contributed by atoms with E-state index in [4.69, 9.17) is 5.11 Å². The Labute approximate surface area is 205 Å². The van der Waals surface area contributed by atoms with Gasteiger partial charge in [-0.25, -0.2) is 4.79 Å². The highest BCUT2D eigenvalue weighted by atomic mass is 127. The minimum atomic E-state index is -2.23. The van der Waals surface area contributed by atoms with Gasteiger partial charge in [-0.15, -0.1) is 0 Å². The quantitative estimate of drug-likeness (QED) is 0.153. The minimum absolute atomic E-state index is 0.00686. The molecular formula is C15H17I3N2O9. The number of nitrogens with one attached hydrogen (secondary N) is 2. The average molecular weight is 750 g/mol. The summed E-state index contributed by atoms with van der Waals surface area (Å²) >= 11 is 5.09. The maximum Gasteiger partial charge on any atom is 0.337 e. The number of carbonyl (C=O) groups is 3. The van der Waals surface area contributed by atoms with Crippen molar-refractivity contribution >= 4 is 91.2 Å². The second-order valence-electron chi connectivity index (χ2n) is 5.62. The predicted octanol–water partition coefficient (Wildman–Crippen LogP) is -1.07. The molecule has 0 heterocycles. The van der Waals surface area contributed by atoms with E-state index >= 15 is 0 Å². The Hall–Kier alpha value is -0.380. The van der Waals surface area contributed by atoms with Crippen LogP contribution < -0.4 is 10.6 Å². The number of amides is 2. The number of aromatic carboxylic acids is 1. The third-order valence-corrected chi connectivity index (χ3v) is 6.99. The van der Waals surface area contributed by atoms with Gasteiger partial charge in [-0.3, -0.25) is 9.59 Å². The van der Waals surface area contributed by atoms with Crippen molar-refractivity contribution in [1.29, 1.82) is 0 Å². The molecule has 0 bridgehead atoms. The van der Waals surface area contributed by atoms with Crippen LogP contribution in [0.2, 0.25) is 0 Å². The smallest absolute Gasteiger partial charge is 0.337 e. The second-order valence-corrected chi connectivity index (χ2v) is 8.85. The van der Waals surface area contributed by atoms with Crippen LogP contribution in [0.15, 0.2) is 0 Å². The lowest BCUT2D eigenvalue weighted by atomic mass is 10.0. The number of benzene rings is 1. The van der Waals surface area contributed by atoms with Crippen molar-refractivity contribution in [3.8, 4) is 0 Å². The molecule has 2 amide bonds. The summed E-state index contributed by atoms with van der Waals surface area (Å²) in [6.45, 7) is -0.920. The molecule has 0 fully saturated rings. The molecule has 14 heteroatoms. The van der Waals surface area contributed by atoms with E-state index in [1.54, 1.807) is 67.8 Å². The van der Waals surface area contributed by atoms with Crippen LogP contribution in [-0.2, 0) is 4.79 Å². The lowest BCUT2D eigenvalue weighted by molar-refractivity contribution is -0.144. The van der Waals surface area contributed by atoms with Gasteiger partial charge < -0.3 is 41.3 Å². The number of anilines is 1. The first kappa shape index (κ1) is 26.7. The lowest BCUT2D eigenvalue weighted by Crippen LogP contribution is -2.50. The standard InChI is InChI=1S/C15H17I3N2O9/c1-19-13(26)4-6(16)5(15(28)29)8(18)9(7(4)17)20-14(27)12(25)11(24)10(23)3(22)2-21/h3,10-12,21-25H,2H2,1H3,(H,19,26)(H,20,27)(H,28,29)/t3-,10-,11+,12-/m1/s1. The van der Waals surface area contributed by atoms with Crippen LogP contribution in [-0.4, -0.2) is 86.5 Å². The monoisotopic (exact) mass is 750 g/mol. The summed E-state index contributed by atoms with van der Waals surface area (Å²) in [5.74, 6) is -3.17. The molecule has 0 unspecified atom stereocenters. The molecule has 1 aromatic carbocycles. The number of hydrogen-bond donors (Lipinski definition) is 8. The number of halogens is 3. The van der Waals surface area contributed by atoms with Crippen molar-refractivity contribution in [2.24, 2.45) is 0 Å². The molecule has 0 saturated heterocycles. The zero-order valence-electron chi connectivity index (χ0n) is 14.6. The Morgan fingerprint density at radius 3 is 1.90 bits per heavy atom. The largest absolute Gasteiger partial charge is 0.478 e. The Kier molecular flexibility index (Phi) is 10.4. The molecule has 0 spiro atoms. The van der Waals surface area contributed by atoms with Crippen molar-refractivity contribution in [3.63, 3.8) is 0 Å². The Balaban J connectivity index is 3.41. The van der Waals surface area contributed by atoms with E-state index in [1.807, 2.05) is 0 Å². The fourth-order valence-corrected chi connectivity index (χ4v) is 6.55. The molecular weight excluding hydrogens is 733 g/mol. The van der Waals surface area contributed by atoms with E-state index in [-0.39, 0.29) is 27.5 Å². The zero-order valence-corrected chi connectivity index (χ0v) is 21.0. The fraction of sp³-hybridized carbons (Fsp3) is 0.400. The van der Waals surface area contributed by atoms with Crippen LogP contribution in [0.25, 0.3) is 0 Å². The van der Waals surface area contributed by atoms with Crippen LogP contribution in [0.1, 0.15) is 20.7 Å². The van der Waals surface area contributed by atoms with Gasteiger partial charge in [0.25, 0.3) is 11.8 Å². The van der Waals surface area contributed by atoms with Gasteiger partial charge >= 0.3 is 5.97 Å². The summed E-state index contributed by atoms with van der Waals surface area (Å²) in [7, 11) is 1.35. The average Bonchev–Trinajstić information content (AvgIpc) is 2.67. The normalized spacial score (nSPS) is 15.2. The molecule has 0 radical (unpaired) electrons. The topological polar surface area (TPSA) is 197 Å². The molecule has 8 N–H and O–H groups in total. The van der Waals surface area contributed by atoms with Crippen molar-refractivity contribution in [2.45, 2.75) is 24.4 Å². The molecule has 1 rings (SSSR count). The molecule has 4 atom stereocenters. The van der Waals surface area contributed by atoms with E-state index < -0.39 is 48.8 Å². The maximum atomic E-state index is 12.4. The van der Waals surface area contributed by atoms with Crippen LogP contribution in [0.4, 0.5) is 5.69 Å². The number of carboxylic acids is 1. The van der Waals surface area contributed by atoms with Gasteiger partial charge in [0.15, 0.2) is 6.10 Å². The Morgan fingerprint density at radius 1 is 0.931 bits per heavy atom. The first-order valence-corrected chi connectivity index (χ1v) is 10.9. The molecule has 29 heavy (non-hydrogen) atoms. The molecule has 1 aromatic rings. The van der Waals surface area contributed by atoms with Gasteiger partial charge in [-0.1, -0.05) is 0 Å². The third kappa shape index (κ3) is 5.86. The number of aliphatic hydroxyl groups excluding tert-OH is 5. The first-order valence-electron chi connectivity index (χ1n) is 7.70. The molecule has 0 aliphatic rings. The maximum absolute atomic E-state index is 12.4. The van der Waals surface area contributed by atoms with E-state index in [0.29, 0.717) is 0 Å². The van der Waals surface area contributed by atoms with Gasteiger partial charge in [0.1, 0.15) is 18.3 Å². The Bertz CT molecular complexity index is 821. The van der Waals surface area contributed by atoms with E-state index in [9.17, 15) is 39.9 Å². The van der Waals surface area contributed by atoms with Gasteiger partial charge in [0.05, 0.1) is 30.6 Å². The van der Waals surface area contributed by atoms with Crippen LogP contribution in [0.5, 0.6) is 0 Å². The summed E-state index contributed by atoms with van der Waals surface area (Å²) in [5, 5.41) is 61.7. The number of aliphatic hydroxyl groups is 5. The summed E-state index contributed by atoms with van der Waals surface area (Å²) < 4.78 is 0.401. The lowest BCUT2D eigenvalue weighted by Gasteiger charge is -2.25.